The van der Waals surface area contributed by atoms with Crippen molar-refractivity contribution in [3.63, 3.8) is 0 Å². The Hall–Kier alpha value is -4.05. The fourth-order valence-corrected chi connectivity index (χ4v) is 3.59. The van der Waals surface area contributed by atoms with Crippen LogP contribution >= 0.6 is 11.8 Å². The van der Waals surface area contributed by atoms with Crippen molar-refractivity contribution in [1.82, 2.24) is 0 Å². The standard InChI is InChI=1S/C22H17N3O6S/c26-21(23-16-5-10-19-20(11-16)31-13-30-19)12-32-18-8-3-15(4-9-18)24-22(27)14-1-6-17(7-2-14)25(28)29/h1-11H,12-13H2,(H,23,26)(H,24,27). The van der Waals surface area contributed by atoms with E-state index >= 15 is 0 Å². The normalized spacial score (nSPS) is 11.6. The average Bonchev–Trinajstić information content (AvgIpc) is 3.26. The van der Waals surface area contributed by atoms with Gasteiger partial charge in [-0.1, -0.05) is 0 Å². The van der Waals surface area contributed by atoms with E-state index in [0.717, 1.165) is 4.90 Å². The number of fused-ring (bicyclic) bond motifs is 1. The fourth-order valence-electron chi connectivity index (χ4n) is 2.89. The first kappa shape index (κ1) is 21.2. The number of nitro benzene ring substituents is 1. The summed E-state index contributed by atoms with van der Waals surface area (Å²) < 4.78 is 10.5. The second kappa shape index (κ2) is 9.40. The van der Waals surface area contributed by atoms with Crippen molar-refractivity contribution in [3.8, 4) is 11.5 Å². The van der Waals surface area contributed by atoms with Crippen LogP contribution in [0.25, 0.3) is 0 Å². The fraction of sp³-hybridized carbons (Fsp3) is 0.0909. The van der Waals surface area contributed by atoms with Crippen molar-refractivity contribution in [2.45, 2.75) is 4.90 Å². The van der Waals surface area contributed by atoms with Gasteiger partial charge in [0.15, 0.2) is 11.5 Å². The first-order chi connectivity index (χ1) is 15.5. The molecule has 2 amide bonds. The number of rotatable bonds is 7. The highest BCUT2D eigenvalue weighted by Crippen LogP contribution is 2.34. The van der Waals surface area contributed by atoms with E-state index in [0.29, 0.717) is 28.4 Å². The molecular formula is C22H17N3O6S. The van der Waals surface area contributed by atoms with E-state index < -0.39 is 4.92 Å². The Kier molecular flexibility index (Phi) is 6.22. The summed E-state index contributed by atoms with van der Waals surface area (Å²) >= 11 is 1.36. The van der Waals surface area contributed by atoms with E-state index in [9.17, 15) is 19.7 Å². The lowest BCUT2D eigenvalue weighted by atomic mass is 10.2. The number of nitro groups is 1. The predicted molar refractivity (Wildman–Crippen MR) is 119 cm³/mol. The summed E-state index contributed by atoms with van der Waals surface area (Å²) in [7, 11) is 0. The topological polar surface area (TPSA) is 120 Å². The van der Waals surface area contributed by atoms with E-state index in [1.165, 1.54) is 36.0 Å². The maximum absolute atomic E-state index is 12.3. The highest BCUT2D eigenvalue weighted by molar-refractivity contribution is 8.00. The molecule has 0 atom stereocenters. The van der Waals surface area contributed by atoms with Gasteiger partial charge >= 0.3 is 0 Å². The van der Waals surface area contributed by atoms with Gasteiger partial charge in [-0.2, -0.15) is 0 Å². The molecule has 0 bridgehead atoms. The number of benzene rings is 3. The van der Waals surface area contributed by atoms with Crippen molar-refractivity contribution in [1.29, 1.82) is 0 Å². The van der Waals surface area contributed by atoms with Gasteiger partial charge in [0, 0.05) is 40.0 Å². The van der Waals surface area contributed by atoms with Crippen LogP contribution in [0.1, 0.15) is 10.4 Å². The van der Waals surface area contributed by atoms with Crippen LogP contribution in [-0.2, 0) is 4.79 Å². The summed E-state index contributed by atoms with van der Waals surface area (Å²) in [4.78, 5) is 35.5. The Morgan fingerprint density at radius 1 is 0.906 bits per heavy atom. The number of carbonyl (C=O) groups is 2. The molecule has 1 aliphatic rings. The quantitative estimate of drug-likeness (QED) is 0.312. The van der Waals surface area contributed by atoms with E-state index in [4.69, 9.17) is 9.47 Å². The van der Waals surface area contributed by atoms with Gasteiger partial charge in [0.05, 0.1) is 10.7 Å². The molecule has 32 heavy (non-hydrogen) atoms. The van der Waals surface area contributed by atoms with Crippen molar-refractivity contribution >= 4 is 40.6 Å². The predicted octanol–water partition coefficient (Wildman–Crippen LogP) is 4.31. The average molecular weight is 451 g/mol. The van der Waals surface area contributed by atoms with E-state index in [1.807, 2.05) is 0 Å². The minimum Gasteiger partial charge on any atom is -0.454 e. The highest BCUT2D eigenvalue weighted by Gasteiger charge is 2.14. The summed E-state index contributed by atoms with van der Waals surface area (Å²) in [6.45, 7) is 0.174. The molecule has 1 aliphatic heterocycles. The van der Waals surface area contributed by atoms with Crippen molar-refractivity contribution < 1.29 is 24.0 Å². The second-order valence-electron chi connectivity index (χ2n) is 6.69. The molecular weight excluding hydrogens is 434 g/mol. The minimum absolute atomic E-state index is 0.0783. The van der Waals surface area contributed by atoms with E-state index in [2.05, 4.69) is 10.6 Å². The zero-order chi connectivity index (χ0) is 22.5. The third-order valence-corrected chi connectivity index (χ3v) is 5.49. The monoisotopic (exact) mass is 451 g/mol. The number of nitrogens with one attached hydrogen (secondary N) is 2. The molecule has 4 rings (SSSR count). The SMILES string of the molecule is O=C(CSc1ccc(NC(=O)c2ccc([N+](=O)[O-])cc2)cc1)Nc1ccc2c(c1)OCO2. The molecule has 162 valence electrons. The van der Waals surface area contributed by atoms with Crippen molar-refractivity contribution in [3.05, 3.63) is 82.4 Å². The van der Waals surface area contributed by atoms with Gasteiger partial charge in [-0.05, 0) is 48.5 Å². The Bertz CT molecular complexity index is 1170. The van der Waals surface area contributed by atoms with Gasteiger partial charge in [-0.15, -0.1) is 11.8 Å². The maximum Gasteiger partial charge on any atom is 0.269 e. The molecule has 0 saturated heterocycles. The number of hydrogen-bond donors (Lipinski definition) is 2. The number of carbonyl (C=O) groups excluding carboxylic acids is 2. The van der Waals surface area contributed by atoms with Crippen LogP contribution in [0.4, 0.5) is 17.1 Å². The Balaban J connectivity index is 1.27. The van der Waals surface area contributed by atoms with Crippen LogP contribution in [0.5, 0.6) is 11.5 Å². The molecule has 9 nitrogen and oxygen atoms in total. The Morgan fingerprint density at radius 3 is 2.31 bits per heavy atom. The molecule has 2 N–H and O–H groups in total. The van der Waals surface area contributed by atoms with Crippen molar-refractivity contribution in [2.75, 3.05) is 23.2 Å². The number of non-ortho nitro benzene ring substituents is 1. The maximum atomic E-state index is 12.3. The second-order valence-corrected chi connectivity index (χ2v) is 7.74. The van der Waals surface area contributed by atoms with Gasteiger partial charge < -0.3 is 20.1 Å². The van der Waals surface area contributed by atoms with Crippen LogP contribution in [0.3, 0.4) is 0 Å². The molecule has 0 unspecified atom stereocenters. The summed E-state index contributed by atoms with van der Waals surface area (Å²) in [5, 5.41) is 16.2. The molecule has 10 heteroatoms. The van der Waals surface area contributed by atoms with Gasteiger partial charge in [-0.25, -0.2) is 0 Å². The molecule has 0 saturated carbocycles. The van der Waals surface area contributed by atoms with Gasteiger partial charge in [-0.3, -0.25) is 19.7 Å². The number of anilines is 2. The number of hydrogen-bond acceptors (Lipinski definition) is 7. The van der Waals surface area contributed by atoms with Gasteiger partial charge in [0.25, 0.3) is 11.6 Å². The van der Waals surface area contributed by atoms with E-state index in [-0.39, 0.29) is 30.0 Å². The zero-order valence-electron chi connectivity index (χ0n) is 16.6. The highest BCUT2D eigenvalue weighted by atomic mass is 32.2. The summed E-state index contributed by atoms with van der Waals surface area (Å²) in [5.74, 6) is 0.927. The number of thioether (sulfide) groups is 1. The van der Waals surface area contributed by atoms with Gasteiger partial charge in [0.2, 0.25) is 12.7 Å². The van der Waals surface area contributed by atoms with E-state index in [1.54, 1.807) is 42.5 Å². The first-order valence-electron chi connectivity index (χ1n) is 9.46. The molecule has 3 aromatic carbocycles. The molecule has 0 fully saturated rings. The molecule has 0 aliphatic carbocycles. The third kappa shape index (κ3) is 5.16. The van der Waals surface area contributed by atoms with Gasteiger partial charge in [0.1, 0.15) is 0 Å². The summed E-state index contributed by atoms with van der Waals surface area (Å²) in [6.07, 6.45) is 0. The lowest BCUT2D eigenvalue weighted by molar-refractivity contribution is -0.384. The van der Waals surface area contributed by atoms with Crippen LogP contribution < -0.4 is 20.1 Å². The Labute approximate surface area is 186 Å². The molecule has 1 heterocycles. The summed E-state index contributed by atoms with van der Waals surface area (Å²) in [6, 6.07) is 17.6. The molecule has 0 aromatic heterocycles. The number of amides is 2. The number of ether oxygens (including phenoxy) is 2. The van der Waals surface area contributed by atoms with Crippen LogP contribution in [-0.4, -0.2) is 29.3 Å². The summed E-state index contributed by atoms with van der Waals surface area (Å²) in [5.41, 5.74) is 1.44. The first-order valence-corrected chi connectivity index (χ1v) is 10.4. The molecule has 3 aromatic rings. The largest absolute Gasteiger partial charge is 0.454 e. The Morgan fingerprint density at radius 2 is 1.59 bits per heavy atom. The minimum atomic E-state index is -0.520. The molecule has 0 radical (unpaired) electrons. The van der Waals surface area contributed by atoms with Crippen molar-refractivity contribution in [2.24, 2.45) is 0 Å². The van der Waals surface area contributed by atoms with Crippen LogP contribution in [0.2, 0.25) is 0 Å². The third-order valence-electron chi connectivity index (χ3n) is 4.48. The van der Waals surface area contributed by atoms with Crippen LogP contribution in [0, 0.1) is 10.1 Å². The zero-order valence-corrected chi connectivity index (χ0v) is 17.4. The number of nitrogens with zero attached hydrogens (tertiary/aromatic N) is 1. The lowest BCUT2D eigenvalue weighted by Crippen LogP contribution is -2.14. The molecule has 0 spiro atoms. The lowest BCUT2D eigenvalue weighted by Gasteiger charge is -2.08. The smallest absolute Gasteiger partial charge is 0.269 e. The van der Waals surface area contributed by atoms with Crippen LogP contribution in [0.15, 0.2) is 71.6 Å².